The summed E-state index contributed by atoms with van der Waals surface area (Å²) in [5, 5.41) is 86.0. The fourth-order valence-electron chi connectivity index (χ4n) is 6.84. The molecule has 1 amide bonds. The van der Waals surface area contributed by atoms with Gasteiger partial charge in [0, 0.05) is 6.42 Å². The summed E-state index contributed by atoms with van der Waals surface area (Å²) in [6.45, 7) is 2.59. The van der Waals surface area contributed by atoms with E-state index in [1.807, 2.05) is 0 Å². The van der Waals surface area contributed by atoms with E-state index in [0.717, 1.165) is 83.5 Å². The van der Waals surface area contributed by atoms with Crippen LogP contribution in [0.2, 0.25) is 0 Å². The van der Waals surface area contributed by atoms with Crippen molar-refractivity contribution in [2.75, 3.05) is 19.8 Å². The lowest BCUT2D eigenvalue weighted by Crippen LogP contribution is -2.65. The third-order valence-corrected chi connectivity index (χ3v) is 10.4. The van der Waals surface area contributed by atoms with E-state index in [-0.39, 0.29) is 12.5 Å². The maximum Gasteiger partial charge on any atom is 0.220 e. The summed E-state index contributed by atoms with van der Waals surface area (Å²) in [4.78, 5) is 13.0. The Labute approximate surface area is 334 Å². The highest BCUT2D eigenvalue weighted by atomic mass is 16.7. The number of amides is 1. The highest BCUT2D eigenvalue weighted by Crippen LogP contribution is 2.30. The van der Waals surface area contributed by atoms with Crippen molar-refractivity contribution in [2.45, 2.75) is 203 Å². The Morgan fingerprint density at radius 3 is 1.89 bits per heavy atom. The fourth-order valence-corrected chi connectivity index (χ4v) is 6.84. The summed E-state index contributed by atoms with van der Waals surface area (Å²) in [5.41, 5.74) is 0. The third-order valence-electron chi connectivity index (χ3n) is 10.4. The molecule has 2 aliphatic heterocycles. The van der Waals surface area contributed by atoms with Gasteiger partial charge in [-0.2, -0.15) is 0 Å². The monoisotopic (exact) mass is 802 g/mol. The Balaban J connectivity index is 1.82. The van der Waals surface area contributed by atoms with Crippen molar-refractivity contribution in [3.8, 4) is 0 Å². The van der Waals surface area contributed by atoms with Gasteiger partial charge in [-0.1, -0.05) is 115 Å². The average molecular weight is 802 g/mol. The molecule has 2 fully saturated rings. The molecule has 56 heavy (non-hydrogen) atoms. The molecular weight excluding hydrogens is 726 g/mol. The van der Waals surface area contributed by atoms with E-state index in [1.165, 1.54) is 12.8 Å². The predicted molar refractivity (Wildman–Crippen MR) is 212 cm³/mol. The maximum absolute atomic E-state index is 13.0. The van der Waals surface area contributed by atoms with Crippen molar-refractivity contribution in [3.63, 3.8) is 0 Å². The fraction of sp³-hybridized carbons (Fsp3) is 0.833. The van der Waals surface area contributed by atoms with E-state index in [9.17, 15) is 45.6 Å². The number of allylic oxidation sites excluding steroid dienone is 6. The molecule has 9 N–H and O–H groups in total. The lowest BCUT2D eigenvalue weighted by atomic mass is 9.97. The Hall–Kier alpha value is -1.79. The van der Waals surface area contributed by atoms with Crippen LogP contribution in [0.5, 0.6) is 0 Å². The number of aliphatic hydroxyl groups is 8. The van der Waals surface area contributed by atoms with Crippen LogP contribution in [0.4, 0.5) is 0 Å². The highest BCUT2D eigenvalue weighted by Gasteiger charge is 2.50. The molecule has 2 saturated heterocycles. The van der Waals surface area contributed by atoms with Crippen molar-refractivity contribution in [2.24, 2.45) is 0 Å². The minimum Gasteiger partial charge on any atom is -0.394 e. The second kappa shape index (κ2) is 30.3. The summed E-state index contributed by atoms with van der Waals surface area (Å²) < 4.78 is 22.5. The zero-order valence-corrected chi connectivity index (χ0v) is 33.9. The molecule has 12 unspecified atom stereocenters. The molecule has 0 aromatic rings. The molecule has 14 heteroatoms. The summed E-state index contributed by atoms with van der Waals surface area (Å²) in [5.74, 6) is -0.228. The lowest BCUT2D eigenvalue weighted by Gasteiger charge is -2.46. The van der Waals surface area contributed by atoms with Crippen LogP contribution in [0, 0.1) is 0 Å². The standard InChI is InChI=1S/C42H75NO13/c1-3-5-7-9-10-11-12-13-14-15-16-17-18-19-20-22-24-26-34(47)43-30(31(46)25-23-21-8-6-4-2)29-53-41-39(52)37(50)40(33(28-45)55-41)56-42-38(51)36(49)35(48)32(27-44)54-42/h5,7,10-11,13-14,30-33,35-42,44-46,48-52H,3-4,6,8-9,12,15-29H2,1-2H3,(H,43,47)/b7-5-,11-10-,14-13-. The molecule has 0 aromatic carbocycles. The van der Waals surface area contributed by atoms with Crippen molar-refractivity contribution in [3.05, 3.63) is 36.5 Å². The number of carbonyl (C=O) groups is 1. The molecule has 2 rings (SSSR count). The summed E-state index contributed by atoms with van der Waals surface area (Å²) in [7, 11) is 0. The van der Waals surface area contributed by atoms with Gasteiger partial charge in [0.25, 0.3) is 0 Å². The average Bonchev–Trinajstić information content (AvgIpc) is 3.19. The number of rotatable bonds is 30. The lowest BCUT2D eigenvalue weighted by molar-refractivity contribution is -0.359. The van der Waals surface area contributed by atoms with Gasteiger partial charge in [-0.05, 0) is 44.9 Å². The quantitative estimate of drug-likeness (QED) is 0.0376. The van der Waals surface area contributed by atoms with E-state index >= 15 is 0 Å². The molecule has 0 radical (unpaired) electrons. The molecule has 0 bridgehead atoms. The van der Waals surface area contributed by atoms with Gasteiger partial charge in [0.1, 0.15) is 48.8 Å². The van der Waals surface area contributed by atoms with Gasteiger partial charge in [0.05, 0.1) is 32.0 Å². The van der Waals surface area contributed by atoms with Crippen LogP contribution in [0.3, 0.4) is 0 Å². The molecule has 2 aliphatic rings. The molecule has 14 nitrogen and oxygen atoms in total. The molecule has 0 saturated carbocycles. The van der Waals surface area contributed by atoms with E-state index in [2.05, 4.69) is 55.6 Å². The topological polar surface area (TPSA) is 228 Å². The van der Waals surface area contributed by atoms with E-state index in [0.29, 0.717) is 19.3 Å². The van der Waals surface area contributed by atoms with E-state index in [1.54, 1.807) is 0 Å². The summed E-state index contributed by atoms with van der Waals surface area (Å²) >= 11 is 0. The molecular formula is C42H75NO13. The number of hydrogen-bond donors (Lipinski definition) is 9. The zero-order valence-electron chi connectivity index (χ0n) is 33.9. The van der Waals surface area contributed by atoms with Gasteiger partial charge in [-0.15, -0.1) is 0 Å². The van der Waals surface area contributed by atoms with Crippen LogP contribution >= 0.6 is 0 Å². The Bertz CT molecular complexity index is 1090. The molecule has 0 aromatic heterocycles. The van der Waals surface area contributed by atoms with Crippen LogP contribution in [0.1, 0.15) is 129 Å². The smallest absolute Gasteiger partial charge is 0.220 e. The minimum absolute atomic E-state index is 0.228. The van der Waals surface area contributed by atoms with Crippen LogP contribution in [0.15, 0.2) is 36.5 Å². The predicted octanol–water partition coefficient (Wildman–Crippen LogP) is 3.20. The normalized spacial score (nSPS) is 29.8. The molecule has 0 aliphatic carbocycles. The first-order valence-corrected chi connectivity index (χ1v) is 21.2. The molecule has 0 spiro atoms. The molecule has 2 heterocycles. The maximum atomic E-state index is 13.0. The van der Waals surface area contributed by atoms with Gasteiger partial charge in [-0.3, -0.25) is 4.79 Å². The number of carbonyl (C=O) groups excluding carboxylic acids is 1. The molecule has 326 valence electrons. The van der Waals surface area contributed by atoms with Crippen LogP contribution in [-0.4, -0.2) is 140 Å². The number of aliphatic hydroxyl groups excluding tert-OH is 8. The van der Waals surface area contributed by atoms with Crippen molar-refractivity contribution in [1.29, 1.82) is 0 Å². The largest absolute Gasteiger partial charge is 0.394 e. The van der Waals surface area contributed by atoms with Crippen LogP contribution < -0.4 is 5.32 Å². The van der Waals surface area contributed by atoms with Crippen LogP contribution in [-0.2, 0) is 23.7 Å². The van der Waals surface area contributed by atoms with Gasteiger partial charge >= 0.3 is 0 Å². The van der Waals surface area contributed by atoms with Gasteiger partial charge in [0.2, 0.25) is 5.91 Å². The first-order chi connectivity index (χ1) is 27.1. The van der Waals surface area contributed by atoms with Gasteiger partial charge in [0.15, 0.2) is 12.6 Å². The first-order valence-electron chi connectivity index (χ1n) is 21.2. The van der Waals surface area contributed by atoms with Gasteiger partial charge in [-0.25, -0.2) is 0 Å². The minimum atomic E-state index is -1.78. The van der Waals surface area contributed by atoms with Crippen LogP contribution in [0.25, 0.3) is 0 Å². The third kappa shape index (κ3) is 18.9. The molecule has 12 atom stereocenters. The van der Waals surface area contributed by atoms with Crippen molar-refractivity contribution >= 4 is 5.91 Å². The number of hydrogen-bond acceptors (Lipinski definition) is 13. The summed E-state index contributed by atoms with van der Waals surface area (Å²) in [6.07, 6.45) is 13.6. The number of nitrogens with one attached hydrogen (secondary N) is 1. The van der Waals surface area contributed by atoms with Gasteiger partial charge < -0.3 is 65.1 Å². The second-order valence-electron chi connectivity index (χ2n) is 15.1. The number of ether oxygens (including phenoxy) is 4. The highest BCUT2D eigenvalue weighted by molar-refractivity contribution is 5.76. The van der Waals surface area contributed by atoms with E-state index < -0.39 is 86.8 Å². The Morgan fingerprint density at radius 1 is 0.661 bits per heavy atom. The first kappa shape index (κ1) is 50.4. The SMILES string of the molecule is CC/C=C\C/C=C\C/C=C\CCCCCCCCCC(=O)NC(COC1OC(CO)C(OC2OC(CO)C(O)C(O)C2O)C(O)C1O)C(O)CCCCCCC. The second-order valence-corrected chi connectivity index (χ2v) is 15.1. The number of unbranched alkanes of at least 4 members (excludes halogenated alkanes) is 11. The van der Waals surface area contributed by atoms with E-state index in [4.69, 9.17) is 18.9 Å². The summed E-state index contributed by atoms with van der Waals surface area (Å²) in [6, 6.07) is -0.828. The zero-order chi connectivity index (χ0) is 41.1. The Kier molecular flexibility index (Phi) is 27.2. The van der Waals surface area contributed by atoms with Crippen molar-refractivity contribution < 1.29 is 64.6 Å². The van der Waals surface area contributed by atoms with Crippen molar-refractivity contribution in [1.82, 2.24) is 5.32 Å². The Morgan fingerprint density at radius 2 is 1.23 bits per heavy atom.